The van der Waals surface area contributed by atoms with Crippen molar-refractivity contribution in [3.05, 3.63) is 170 Å². The standard InChI is InChI=1S/C49H41N7S/c1-6-16-35(17-7-1)34-54-50-46-44(36-26-30-42(31-27-36)55(38-18-8-2-9-19-38)39-20-10-3-11-21-39)48-49(53-57-52-48)45(47(46)51-54)37-28-32-43(33-29-37)56(40-22-12-4-13-23-40)41-24-14-5-15-25-41/h2-5,8-15,18-33,35H,1,6-7,16-17,34H2. The van der Waals surface area contributed by atoms with E-state index in [1.54, 1.807) is 0 Å². The van der Waals surface area contributed by atoms with E-state index in [4.69, 9.17) is 18.9 Å². The van der Waals surface area contributed by atoms with Crippen LogP contribution in [0.3, 0.4) is 0 Å². The van der Waals surface area contributed by atoms with Crippen LogP contribution in [-0.4, -0.2) is 19.4 Å². The van der Waals surface area contributed by atoms with Gasteiger partial charge < -0.3 is 9.80 Å². The Labute approximate surface area is 336 Å². The van der Waals surface area contributed by atoms with Gasteiger partial charge in [0.2, 0.25) is 0 Å². The second kappa shape index (κ2) is 15.5. The summed E-state index contributed by atoms with van der Waals surface area (Å²) in [5.41, 5.74) is 14.0. The summed E-state index contributed by atoms with van der Waals surface area (Å²) in [6.45, 7) is 0.811. The number of hydrogen-bond acceptors (Lipinski definition) is 5. The highest BCUT2D eigenvalue weighted by Crippen LogP contribution is 2.44. The second-order valence-electron chi connectivity index (χ2n) is 14.8. The molecule has 1 aliphatic carbocycles. The maximum Gasteiger partial charge on any atom is 0.279 e. The molecule has 9 aromatic rings. The fraction of sp³-hybridized carbons (Fsp3) is 0.143. The van der Waals surface area contributed by atoms with E-state index in [0.29, 0.717) is 5.92 Å². The highest BCUT2D eigenvalue weighted by molar-refractivity contribution is 7.00. The van der Waals surface area contributed by atoms with Crippen molar-refractivity contribution in [1.29, 1.82) is 0 Å². The van der Waals surface area contributed by atoms with Gasteiger partial charge in [-0.1, -0.05) is 116 Å². The first-order valence-electron chi connectivity index (χ1n) is 19.8. The molecule has 2 aromatic heterocycles. The lowest BCUT2D eigenvalue weighted by Crippen LogP contribution is -2.15. The van der Waals surface area contributed by atoms with Gasteiger partial charge in [-0.25, -0.2) is 0 Å². The number of aromatic nitrogens is 5. The first kappa shape index (κ1) is 34.8. The van der Waals surface area contributed by atoms with Crippen LogP contribution in [0.1, 0.15) is 32.1 Å². The molecule has 0 radical (unpaired) electrons. The van der Waals surface area contributed by atoms with Gasteiger partial charge in [-0.3, -0.25) is 0 Å². The van der Waals surface area contributed by atoms with Gasteiger partial charge in [0.05, 0.1) is 6.54 Å². The molecule has 0 saturated heterocycles. The molecule has 7 aromatic carbocycles. The normalized spacial score (nSPS) is 13.3. The molecule has 0 unspecified atom stereocenters. The van der Waals surface area contributed by atoms with Crippen LogP contribution in [0.4, 0.5) is 34.1 Å². The van der Waals surface area contributed by atoms with Gasteiger partial charge in [0.15, 0.2) is 0 Å². The Bertz CT molecular complexity index is 2470. The Balaban J connectivity index is 1.10. The highest BCUT2D eigenvalue weighted by Gasteiger charge is 2.24. The van der Waals surface area contributed by atoms with Gasteiger partial charge in [0, 0.05) is 56.3 Å². The third kappa shape index (κ3) is 6.83. The minimum absolute atomic E-state index is 0.576. The zero-order valence-corrected chi connectivity index (χ0v) is 32.3. The molecule has 2 heterocycles. The monoisotopic (exact) mass is 759 g/mol. The molecule has 0 N–H and O–H groups in total. The molecule has 0 atom stereocenters. The predicted octanol–water partition coefficient (Wildman–Crippen LogP) is 13.1. The van der Waals surface area contributed by atoms with E-state index >= 15 is 0 Å². The molecule has 1 fully saturated rings. The number of anilines is 6. The third-order valence-electron chi connectivity index (χ3n) is 11.1. The lowest BCUT2D eigenvalue weighted by atomic mass is 9.89. The van der Waals surface area contributed by atoms with Crippen molar-refractivity contribution < 1.29 is 0 Å². The lowest BCUT2D eigenvalue weighted by Gasteiger charge is -2.25. The Morgan fingerprint density at radius 1 is 0.474 bits per heavy atom. The van der Waals surface area contributed by atoms with E-state index in [-0.39, 0.29) is 0 Å². The Hall–Kier alpha value is -6.64. The van der Waals surface area contributed by atoms with Crippen LogP contribution in [0, 0.1) is 5.92 Å². The quantitative estimate of drug-likeness (QED) is 0.129. The van der Waals surface area contributed by atoms with Gasteiger partial charge in [0.1, 0.15) is 11.0 Å². The van der Waals surface area contributed by atoms with Crippen molar-refractivity contribution in [3.8, 4) is 22.3 Å². The molecular weight excluding hydrogens is 719 g/mol. The topological polar surface area (TPSA) is 64.2 Å². The van der Waals surface area contributed by atoms with E-state index in [2.05, 4.69) is 180 Å². The van der Waals surface area contributed by atoms with Crippen molar-refractivity contribution in [2.75, 3.05) is 9.80 Å². The number of benzene rings is 7. The van der Waals surface area contributed by atoms with E-state index in [1.165, 1.54) is 43.8 Å². The Morgan fingerprint density at radius 3 is 1.33 bits per heavy atom. The zero-order chi connectivity index (χ0) is 38.0. The summed E-state index contributed by atoms with van der Waals surface area (Å²) in [6, 6.07) is 59.5. The summed E-state index contributed by atoms with van der Waals surface area (Å²) in [4.78, 5) is 6.52. The van der Waals surface area contributed by atoms with Gasteiger partial charge in [-0.05, 0) is 103 Å². The fourth-order valence-corrected chi connectivity index (χ4v) is 8.97. The number of hydrogen-bond donors (Lipinski definition) is 0. The van der Waals surface area contributed by atoms with Crippen LogP contribution >= 0.6 is 11.7 Å². The van der Waals surface area contributed by atoms with Crippen molar-refractivity contribution >= 4 is 67.9 Å². The van der Waals surface area contributed by atoms with Crippen molar-refractivity contribution in [3.63, 3.8) is 0 Å². The van der Waals surface area contributed by atoms with Gasteiger partial charge in [-0.2, -0.15) is 23.7 Å². The lowest BCUT2D eigenvalue weighted by molar-refractivity contribution is 0.295. The molecule has 0 spiro atoms. The van der Waals surface area contributed by atoms with Crippen LogP contribution in [0.15, 0.2) is 170 Å². The first-order valence-corrected chi connectivity index (χ1v) is 20.6. The first-order chi connectivity index (χ1) is 28.3. The maximum atomic E-state index is 5.30. The minimum Gasteiger partial charge on any atom is -0.311 e. The molecule has 0 bridgehead atoms. The Kier molecular flexibility index (Phi) is 9.46. The fourth-order valence-electron chi connectivity index (χ4n) is 8.41. The molecule has 7 nitrogen and oxygen atoms in total. The maximum absolute atomic E-state index is 5.30. The molecule has 57 heavy (non-hydrogen) atoms. The van der Waals surface area contributed by atoms with Gasteiger partial charge in [-0.15, -0.1) is 0 Å². The number of para-hydroxylation sites is 4. The van der Waals surface area contributed by atoms with E-state index in [9.17, 15) is 0 Å². The molecule has 8 heteroatoms. The second-order valence-corrected chi connectivity index (χ2v) is 15.3. The largest absolute Gasteiger partial charge is 0.311 e. The average Bonchev–Trinajstić information content (AvgIpc) is 3.93. The summed E-state index contributed by atoms with van der Waals surface area (Å²) in [5.74, 6) is 0.576. The summed E-state index contributed by atoms with van der Waals surface area (Å²) < 4.78 is 9.94. The van der Waals surface area contributed by atoms with Crippen LogP contribution < -0.4 is 14.2 Å². The average molecular weight is 760 g/mol. The zero-order valence-electron chi connectivity index (χ0n) is 31.5. The molecule has 0 amide bonds. The summed E-state index contributed by atoms with van der Waals surface area (Å²) in [7, 11) is 0. The molecule has 1 saturated carbocycles. The SMILES string of the molecule is c1ccc(N(c2ccccc2)c2ccc(-c3c4nn(CC5CCCCC5)nc4c(-c4ccc(N(c5ccccc5)c5ccccc5)cc4)c4[n-][s+]nc34)cc2)cc1. The van der Waals surface area contributed by atoms with E-state index < -0.39 is 0 Å². The summed E-state index contributed by atoms with van der Waals surface area (Å²) >= 11 is 1.24. The molecule has 10 rings (SSSR count). The van der Waals surface area contributed by atoms with Crippen molar-refractivity contribution in [1.82, 2.24) is 23.7 Å². The number of nitrogens with zero attached hydrogens (tertiary/aromatic N) is 7. The van der Waals surface area contributed by atoms with Gasteiger partial charge in [0.25, 0.3) is 11.7 Å². The van der Waals surface area contributed by atoms with Crippen LogP contribution in [-0.2, 0) is 6.54 Å². The van der Waals surface area contributed by atoms with Crippen LogP contribution in [0.2, 0.25) is 0 Å². The summed E-state index contributed by atoms with van der Waals surface area (Å²) in [6.07, 6.45) is 6.30. The molecular formula is C49H41N7S. The smallest absolute Gasteiger partial charge is 0.279 e. The Morgan fingerprint density at radius 2 is 0.877 bits per heavy atom. The van der Waals surface area contributed by atoms with Crippen molar-refractivity contribution in [2.45, 2.75) is 38.6 Å². The number of rotatable bonds is 10. The van der Waals surface area contributed by atoms with E-state index in [0.717, 1.165) is 85.0 Å². The van der Waals surface area contributed by atoms with Crippen LogP contribution in [0.5, 0.6) is 0 Å². The van der Waals surface area contributed by atoms with Gasteiger partial charge >= 0.3 is 0 Å². The van der Waals surface area contributed by atoms with E-state index in [1.807, 2.05) is 4.80 Å². The molecule has 1 aliphatic rings. The minimum atomic E-state index is 0.576. The highest BCUT2D eigenvalue weighted by atomic mass is 32.1. The molecule has 0 aliphatic heterocycles. The summed E-state index contributed by atoms with van der Waals surface area (Å²) in [5, 5.41) is 10.6. The van der Waals surface area contributed by atoms with Crippen molar-refractivity contribution in [2.24, 2.45) is 5.92 Å². The van der Waals surface area contributed by atoms with Crippen LogP contribution in [0.25, 0.3) is 44.3 Å². The number of fused-ring (bicyclic) bond motifs is 2. The third-order valence-corrected chi connectivity index (χ3v) is 11.7. The molecule has 278 valence electrons. The predicted molar refractivity (Wildman–Crippen MR) is 235 cm³/mol.